The molecule has 1 unspecified atom stereocenters. The van der Waals surface area contributed by atoms with E-state index in [-0.39, 0.29) is 5.69 Å². The van der Waals surface area contributed by atoms with Crippen LogP contribution in [0.1, 0.15) is 32.6 Å². The van der Waals surface area contributed by atoms with E-state index in [1.165, 1.54) is 25.7 Å². The Kier molecular flexibility index (Phi) is 5.54. The normalized spacial score (nSPS) is 17.9. The van der Waals surface area contributed by atoms with Crippen molar-refractivity contribution < 1.29 is 9.66 Å². The number of thiocarbonyl (C=S) groups is 1. The van der Waals surface area contributed by atoms with Gasteiger partial charge in [-0.3, -0.25) is 10.1 Å². The number of benzene rings is 1. The van der Waals surface area contributed by atoms with Crippen molar-refractivity contribution in [3.05, 3.63) is 28.3 Å². The molecule has 0 spiro atoms. The minimum Gasteiger partial charge on any atom is -0.494 e. The molecule has 1 saturated heterocycles. The van der Waals surface area contributed by atoms with Crippen molar-refractivity contribution in [3.63, 3.8) is 0 Å². The predicted molar refractivity (Wildman–Crippen MR) is 90.5 cm³/mol. The third kappa shape index (κ3) is 3.65. The first-order valence-electron chi connectivity index (χ1n) is 7.46. The topological polar surface area (TPSA) is 67.6 Å². The van der Waals surface area contributed by atoms with Gasteiger partial charge in [-0.05, 0) is 44.0 Å². The van der Waals surface area contributed by atoms with Crippen molar-refractivity contribution in [2.45, 2.75) is 38.6 Å². The first-order valence-corrected chi connectivity index (χ1v) is 7.87. The third-order valence-corrected chi connectivity index (χ3v) is 4.33. The summed E-state index contributed by atoms with van der Waals surface area (Å²) in [5, 5.41) is 14.7. The number of hydrogen-bond acceptors (Lipinski definition) is 4. The SMILES string of the molecule is CCC1CCCCN1C(=S)Nc1ccc([N+](=O)[O-])cc1OC. The van der Waals surface area contributed by atoms with Gasteiger partial charge >= 0.3 is 0 Å². The van der Waals surface area contributed by atoms with E-state index in [0.717, 1.165) is 25.8 Å². The maximum Gasteiger partial charge on any atom is 0.273 e. The van der Waals surface area contributed by atoms with Gasteiger partial charge in [-0.15, -0.1) is 0 Å². The zero-order chi connectivity index (χ0) is 16.1. The van der Waals surface area contributed by atoms with Crippen LogP contribution in [0.5, 0.6) is 5.75 Å². The van der Waals surface area contributed by atoms with Crippen LogP contribution in [0.4, 0.5) is 11.4 Å². The summed E-state index contributed by atoms with van der Waals surface area (Å²) in [5.74, 6) is 0.418. The average Bonchev–Trinajstić information content (AvgIpc) is 2.54. The van der Waals surface area contributed by atoms with Crippen LogP contribution in [0.25, 0.3) is 0 Å². The number of methoxy groups -OCH3 is 1. The Labute approximate surface area is 135 Å². The van der Waals surface area contributed by atoms with E-state index in [0.29, 0.717) is 22.6 Å². The van der Waals surface area contributed by atoms with Crippen LogP contribution < -0.4 is 10.1 Å². The summed E-state index contributed by atoms with van der Waals surface area (Å²) in [4.78, 5) is 12.6. The number of non-ortho nitro benzene ring substituents is 1. The maximum absolute atomic E-state index is 10.8. The number of nitrogens with zero attached hydrogens (tertiary/aromatic N) is 2. The summed E-state index contributed by atoms with van der Waals surface area (Å²) in [6.45, 7) is 3.11. The maximum atomic E-state index is 10.8. The van der Waals surface area contributed by atoms with Crippen LogP contribution in [-0.2, 0) is 0 Å². The molecule has 1 aromatic rings. The minimum absolute atomic E-state index is 0.00211. The van der Waals surface area contributed by atoms with Crippen molar-refractivity contribution in [1.29, 1.82) is 0 Å². The molecule has 0 radical (unpaired) electrons. The molecule has 6 nitrogen and oxygen atoms in total. The molecule has 1 heterocycles. The van der Waals surface area contributed by atoms with Crippen molar-refractivity contribution in [3.8, 4) is 5.75 Å². The summed E-state index contributed by atoms with van der Waals surface area (Å²) in [6, 6.07) is 4.94. The molecule has 2 rings (SSSR count). The second-order valence-corrected chi connectivity index (χ2v) is 5.71. The van der Waals surface area contributed by atoms with E-state index >= 15 is 0 Å². The highest BCUT2D eigenvalue weighted by Gasteiger charge is 2.23. The van der Waals surface area contributed by atoms with Crippen molar-refractivity contribution in [2.24, 2.45) is 0 Å². The van der Waals surface area contributed by atoms with Crippen LogP contribution in [0.3, 0.4) is 0 Å². The van der Waals surface area contributed by atoms with Gasteiger partial charge in [0.25, 0.3) is 5.69 Å². The highest BCUT2D eigenvalue weighted by Crippen LogP contribution is 2.30. The summed E-state index contributed by atoms with van der Waals surface area (Å²) in [6.07, 6.45) is 4.57. The fraction of sp³-hybridized carbons (Fsp3) is 0.533. The molecular formula is C15H21N3O3S. The first kappa shape index (κ1) is 16.5. The molecule has 1 aliphatic heterocycles. The number of hydrogen-bond donors (Lipinski definition) is 1. The zero-order valence-corrected chi connectivity index (χ0v) is 13.7. The second kappa shape index (κ2) is 7.40. The van der Waals surface area contributed by atoms with Gasteiger partial charge in [-0.2, -0.15) is 0 Å². The molecule has 0 aliphatic carbocycles. The number of piperidine rings is 1. The molecule has 120 valence electrons. The molecule has 1 atom stereocenters. The lowest BCUT2D eigenvalue weighted by atomic mass is 10.0. The van der Waals surface area contributed by atoms with E-state index < -0.39 is 4.92 Å². The molecular weight excluding hydrogens is 302 g/mol. The van der Waals surface area contributed by atoms with E-state index in [1.54, 1.807) is 6.07 Å². The van der Waals surface area contributed by atoms with Crippen molar-refractivity contribution in [2.75, 3.05) is 19.0 Å². The van der Waals surface area contributed by atoms with Crippen molar-refractivity contribution >= 4 is 28.7 Å². The average molecular weight is 323 g/mol. The van der Waals surface area contributed by atoms with Gasteiger partial charge in [-0.25, -0.2) is 0 Å². The van der Waals surface area contributed by atoms with Crippen LogP contribution in [0.15, 0.2) is 18.2 Å². The molecule has 1 fully saturated rings. The molecule has 1 aliphatic rings. The van der Waals surface area contributed by atoms with Gasteiger partial charge in [0.1, 0.15) is 5.75 Å². The monoisotopic (exact) mass is 323 g/mol. The van der Waals surface area contributed by atoms with Crippen LogP contribution in [0.2, 0.25) is 0 Å². The molecule has 1 aromatic carbocycles. The summed E-state index contributed by atoms with van der Waals surface area (Å²) < 4.78 is 5.23. The number of nitro benzene ring substituents is 1. The van der Waals surface area contributed by atoms with Crippen LogP contribution in [-0.4, -0.2) is 34.6 Å². The Morgan fingerprint density at radius 2 is 2.32 bits per heavy atom. The molecule has 22 heavy (non-hydrogen) atoms. The van der Waals surface area contributed by atoms with E-state index in [4.69, 9.17) is 17.0 Å². The fourth-order valence-corrected chi connectivity index (χ4v) is 3.13. The number of nitrogens with one attached hydrogen (secondary N) is 1. The van der Waals surface area contributed by atoms with Gasteiger partial charge in [0.15, 0.2) is 5.11 Å². The molecule has 1 N–H and O–H groups in total. The Morgan fingerprint density at radius 1 is 1.55 bits per heavy atom. The Hall–Kier alpha value is -1.89. The molecule has 0 aromatic heterocycles. The van der Waals surface area contributed by atoms with Gasteiger partial charge in [0.05, 0.1) is 23.8 Å². The number of nitro groups is 1. The van der Waals surface area contributed by atoms with Crippen LogP contribution in [0, 0.1) is 10.1 Å². The lowest BCUT2D eigenvalue weighted by molar-refractivity contribution is -0.384. The van der Waals surface area contributed by atoms with Crippen LogP contribution >= 0.6 is 12.2 Å². The summed E-state index contributed by atoms with van der Waals surface area (Å²) in [7, 11) is 1.49. The number of rotatable bonds is 4. The summed E-state index contributed by atoms with van der Waals surface area (Å²) in [5.41, 5.74) is 0.649. The van der Waals surface area contributed by atoms with E-state index in [1.807, 2.05) is 0 Å². The second-order valence-electron chi connectivity index (χ2n) is 5.32. The largest absolute Gasteiger partial charge is 0.494 e. The van der Waals surface area contributed by atoms with E-state index in [9.17, 15) is 10.1 Å². The first-order chi connectivity index (χ1) is 10.6. The number of ether oxygens (including phenoxy) is 1. The lowest BCUT2D eigenvalue weighted by Crippen LogP contribution is -2.45. The molecule has 0 bridgehead atoms. The number of anilines is 1. The Bertz CT molecular complexity index is 565. The Balaban J connectivity index is 2.15. The lowest BCUT2D eigenvalue weighted by Gasteiger charge is -2.37. The summed E-state index contributed by atoms with van der Waals surface area (Å²) >= 11 is 5.52. The van der Waals surface area contributed by atoms with Gasteiger partial charge in [0.2, 0.25) is 0 Å². The third-order valence-electron chi connectivity index (χ3n) is 4.00. The number of likely N-dealkylation sites (tertiary alicyclic amines) is 1. The van der Waals surface area contributed by atoms with Crippen molar-refractivity contribution in [1.82, 2.24) is 4.90 Å². The fourth-order valence-electron chi connectivity index (χ4n) is 2.78. The molecule has 7 heteroatoms. The predicted octanol–water partition coefficient (Wildman–Crippen LogP) is 3.56. The standard InChI is InChI=1S/C15H21N3O3S/c1-3-11-6-4-5-9-17(11)15(22)16-13-8-7-12(18(19)20)10-14(13)21-2/h7-8,10-11H,3-6,9H2,1-2H3,(H,16,22). The molecule has 0 amide bonds. The highest BCUT2D eigenvalue weighted by molar-refractivity contribution is 7.80. The Morgan fingerprint density at radius 3 is 2.95 bits per heavy atom. The minimum atomic E-state index is -0.442. The van der Waals surface area contributed by atoms with E-state index in [2.05, 4.69) is 17.1 Å². The zero-order valence-electron chi connectivity index (χ0n) is 12.9. The molecule has 0 saturated carbocycles. The van der Waals surface area contributed by atoms with Gasteiger partial charge in [0, 0.05) is 18.7 Å². The van der Waals surface area contributed by atoms with Gasteiger partial charge in [-0.1, -0.05) is 6.92 Å². The smallest absolute Gasteiger partial charge is 0.273 e. The quantitative estimate of drug-likeness (QED) is 0.519. The van der Waals surface area contributed by atoms with Gasteiger partial charge < -0.3 is 15.0 Å². The highest BCUT2D eigenvalue weighted by atomic mass is 32.1.